The summed E-state index contributed by atoms with van der Waals surface area (Å²) in [6.45, 7) is 2.36. The first-order chi connectivity index (χ1) is 6.05. The standard InChI is InChI=1S/C6H13N4OPS/c1-2-10(12(7,8)11)6-4-3-5-13-9-6/h3-5,9H,2H2,1H3,(H4,7,8,11). The molecule has 0 atom stereocenters. The first-order valence-corrected chi connectivity index (χ1v) is 6.47. The highest BCUT2D eigenvalue weighted by atomic mass is 32.2. The van der Waals surface area contributed by atoms with Gasteiger partial charge in [0.15, 0.2) is 0 Å². The Kier molecular flexibility index (Phi) is 3.44. The molecule has 0 saturated heterocycles. The van der Waals surface area contributed by atoms with Crippen LogP contribution in [0.3, 0.4) is 0 Å². The van der Waals surface area contributed by atoms with Crippen LogP contribution in [0.5, 0.6) is 0 Å². The van der Waals surface area contributed by atoms with Crippen molar-refractivity contribution in [2.24, 2.45) is 11.0 Å². The minimum Gasteiger partial charge on any atom is -0.312 e. The van der Waals surface area contributed by atoms with E-state index in [1.165, 1.54) is 16.6 Å². The monoisotopic (exact) mass is 220 g/mol. The van der Waals surface area contributed by atoms with Crippen LogP contribution in [-0.2, 0) is 4.57 Å². The Labute approximate surface area is 81.9 Å². The summed E-state index contributed by atoms with van der Waals surface area (Å²) < 4.78 is 15.8. The lowest BCUT2D eigenvalue weighted by atomic mass is 10.5. The fourth-order valence-electron chi connectivity index (χ4n) is 0.997. The summed E-state index contributed by atoms with van der Waals surface area (Å²) in [4.78, 5) is 0. The van der Waals surface area contributed by atoms with Crippen molar-refractivity contribution in [3.8, 4) is 0 Å². The number of nitrogens with one attached hydrogen (secondary N) is 1. The van der Waals surface area contributed by atoms with E-state index in [0.717, 1.165) is 0 Å². The Morgan fingerprint density at radius 2 is 2.38 bits per heavy atom. The van der Waals surface area contributed by atoms with Gasteiger partial charge < -0.3 is 4.72 Å². The molecule has 0 bridgehead atoms. The lowest BCUT2D eigenvalue weighted by molar-refractivity contribution is 0.480. The highest BCUT2D eigenvalue weighted by molar-refractivity contribution is 8.00. The van der Waals surface area contributed by atoms with Gasteiger partial charge in [0, 0.05) is 6.54 Å². The minimum absolute atomic E-state index is 0.511. The van der Waals surface area contributed by atoms with E-state index in [1.807, 2.05) is 18.4 Å². The molecule has 1 heterocycles. The molecule has 7 heteroatoms. The molecule has 0 amide bonds. The molecule has 0 fully saturated rings. The second-order valence-electron chi connectivity index (χ2n) is 2.49. The molecule has 13 heavy (non-hydrogen) atoms. The first-order valence-electron chi connectivity index (χ1n) is 3.79. The molecule has 1 aliphatic heterocycles. The van der Waals surface area contributed by atoms with E-state index < -0.39 is 7.59 Å². The molecule has 1 aliphatic rings. The van der Waals surface area contributed by atoms with Crippen LogP contribution in [0.1, 0.15) is 6.92 Å². The fraction of sp³-hybridized carbons (Fsp3) is 0.333. The SMILES string of the molecule is CCN(C1=CC=CSN1)P(N)(N)=O. The average molecular weight is 220 g/mol. The second-order valence-corrected chi connectivity index (χ2v) is 5.03. The smallest absolute Gasteiger partial charge is 0.301 e. The molecule has 0 radical (unpaired) electrons. The normalized spacial score (nSPS) is 16.4. The van der Waals surface area contributed by atoms with Crippen molar-refractivity contribution in [1.82, 2.24) is 9.39 Å². The summed E-state index contributed by atoms with van der Waals surface area (Å²) in [6, 6.07) is 0. The third-order valence-corrected chi connectivity index (χ3v) is 3.39. The summed E-state index contributed by atoms with van der Waals surface area (Å²) in [5.41, 5.74) is 10.7. The Balaban J connectivity index is 2.83. The molecule has 0 saturated carbocycles. The summed E-state index contributed by atoms with van der Waals surface area (Å²) in [7, 11) is -3.19. The maximum absolute atomic E-state index is 11.4. The van der Waals surface area contributed by atoms with Crippen molar-refractivity contribution in [2.75, 3.05) is 6.54 Å². The van der Waals surface area contributed by atoms with Gasteiger partial charge in [0.05, 0.1) is 0 Å². The Morgan fingerprint density at radius 1 is 1.69 bits per heavy atom. The molecule has 0 spiro atoms. The van der Waals surface area contributed by atoms with Gasteiger partial charge in [-0.25, -0.2) is 0 Å². The quantitative estimate of drug-likeness (QED) is 0.485. The van der Waals surface area contributed by atoms with Crippen LogP contribution < -0.4 is 15.7 Å². The molecule has 0 aromatic carbocycles. The van der Waals surface area contributed by atoms with Gasteiger partial charge >= 0.3 is 7.59 Å². The number of hydrogen-bond acceptors (Lipinski definition) is 3. The zero-order chi connectivity index (χ0) is 9.90. The maximum Gasteiger partial charge on any atom is 0.301 e. The van der Waals surface area contributed by atoms with E-state index >= 15 is 0 Å². The Morgan fingerprint density at radius 3 is 2.77 bits per heavy atom. The number of allylic oxidation sites excluding steroid dienone is 2. The molecule has 1 rings (SSSR count). The zero-order valence-corrected chi connectivity index (χ0v) is 9.02. The molecule has 0 unspecified atom stereocenters. The van der Waals surface area contributed by atoms with Gasteiger partial charge in [0.1, 0.15) is 5.82 Å². The molecule has 5 nitrogen and oxygen atoms in total. The molecule has 0 aromatic heterocycles. The number of nitrogens with two attached hydrogens (primary N) is 2. The van der Waals surface area contributed by atoms with Crippen molar-refractivity contribution >= 4 is 19.5 Å². The van der Waals surface area contributed by atoms with Crippen molar-refractivity contribution in [3.63, 3.8) is 0 Å². The third-order valence-electron chi connectivity index (χ3n) is 1.52. The van der Waals surface area contributed by atoms with Crippen LogP contribution in [0.25, 0.3) is 0 Å². The molecule has 0 aliphatic carbocycles. The highest BCUT2D eigenvalue weighted by Gasteiger charge is 2.22. The summed E-state index contributed by atoms with van der Waals surface area (Å²) in [5.74, 6) is 0.684. The Hall–Kier alpha value is -0.420. The lowest BCUT2D eigenvalue weighted by Gasteiger charge is -2.29. The molecule has 74 valence electrons. The number of nitrogens with zero attached hydrogens (tertiary/aromatic N) is 1. The van der Waals surface area contributed by atoms with E-state index in [4.69, 9.17) is 11.0 Å². The van der Waals surface area contributed by atoms with E-state index in [1.54, 1.807) is 6.08 Å². The largest absolute Gasteiger partial charge is 0.312 e. The van der Waals surface area contributed by atoms with Gasteiger partial charge in [0.2, 0.25) is 0 Å². The van der Waals surface area contributed by atoms with Gasteiger partial charge in [-0.15, -0.1) is 0 Å². The first kappa shape index (κ1) is 10.7. The van der Waals surface area contributed by atoms with Crippen LogP contribution >= 0.6 is 19.5 Å². The number of rotatable bonds is 3. The second kappa shape index (κ2) is 4.19. The number of hydrogen-bond donors (Lipinski definition) is 3. The predicted molar refractivity (Wildman–Crippen MR) is 56.3 cm³/mol. The van der Waals surface area contributed by atoms with Gasteiger partial charge in [-0.1, -0.05) is 6.08 Å². The van der Waals surface area contributed by atoms with Crippen LogP contribution in [0, 0.1) is 0 Å². The van der Waals surface area contributed by atoms with Crippen molar-refractivity contribution in [3.05, 3.63) is 23.4 Å². The average Bonchev–Trinajstić information content (AvgIpc) is 2.05. The molecular weight excluding hydrogens is 207 g/mol. The van der Waals surface area contributed by atoms with E-state index in [2.05, 4.69) is 4.72 Å². The van der Waals surface area contributed by atoms with Gasteiger partial charge in [-0.05, 0) is 30.4 Å². The van der Waals surface area contributed by atoms with Crippen molar-refractivity contribution in [1.29, 1.82) is 0 Å². The summed E-state index contributed by atoms with van der Waals surface area (Å²) in [5, 5.41) is 1.87. The topological polar surface area (TPSA) is 84.4 Å². The van der Waals surface area contributed by atoms with E-state index in [-0.39, 0.29) is 0 Å². The van der Waals surface area contributed by atoms with Crippen LogP contribution in [0.15, 0.2) is 23.4 Å². The van der Waals surface area contributed by atoms with Gasteiger partial charge in [-0.2, -0.15) is 0 Å². The van der Waals surface area contributed by atoms with Gasteiger partial charge in [-0.3, -0.25) is 20.2 Å². The Bertz CT molecular complexity index is 284. The van der Waals surface area contributed by atoms with Crippen molar-refractivity contribution < 1.29 is 4.57 Å². The summed E-state index contributed by atoms with van der Waals surface area (Å²) in [6.07, 6.45) is 3.63. The van der Waals surface area contributed by atoms with Crippen molar-refractivity contribution in [2.45, 2.75) is 6.92 Å². The highest BCUT2D eigenvalue weighted by Crippen LogP contribution is 2.35. The molecular formula is C6H13N4OPS. The fourth-order valence-corrected chi connectivity index (χ4v) is 2.48. The third kappa shape index (κ3) is 2.77. The molecule has 5 N–H and O–H groups in total. The zero-order valence-electron chi connectivity index (χ0n) is 7.30. The lowest BCUT2D eigenvalue weighted by Crippen LogP contribution is -2.32. The van der Waals surface area contributed by atoms with E-state index in [9.17, 15) is 4.57 Å². The molecule has 0 aromatic rings. The van der Waals surface area contributed by atoms with Crippen LogP contribution in [0.4, 0.5) is 0 Å². The van der Waals surface area contributed by atoms with Gasteiger partial charge in [0.25, 0.3) is 0 Å². The minimum atomic E-state index is -3.19. The van der Waals surface area contributed by atoms with Crippen LogP contribution in [0.2, 0.25) is 0 Å². The summed E-state index contributed by atoms with van der Waals surface area (Å²) >= 11 is 1.39. The van der Waals surface area contributed by atoms with E-state index in [0.29, 0.717) is 12.4 Å². The van der Waals surface area contributed by atoms with Crippen LogP contribution in [-0.4, -0.2) is 11.2 Å². The maximum atomic E-state index is 11.4. The predicted octanol–water partition coefficient (Wildman–Crippen LogP) is 0.940.